The fourth-order valence-electron chi connectivity index (χ4n) is 0. The van der Waals surface area contributed by atoms with Crippen LogP contribution in [0.4, 0.5) is 0 Å². The number of carbonyl (C=O) groups is 1. The molecule has 0 spiro atoms. The Morgan fingerprint density at radius 2 is 1.67 bits per heavy atom. The largest absolute Gasteiger partial charge is 0.412 e. The minimum atomic E-state index is -0.0694. The van der Waals surface area contributed by atoms with E-state index in [1.54, 1.807) is 0 Å². The second kappa shape index (κ2) is 71.9. The maximum atomic E-state index is 8.70. The lowest BCUT2D eigenvalue weighted by molar-refractivity contribution is -0.217. The molecule has 0 aromatic carbocycles. The van der Waals surface area contributed by atoms with Gasteiger partial charge in [0, 0.05) is 1.43 Å². The van der Waals surface area contributed by atoms with Crippen molar-refractivity contribution in [1.29, 1.82) is 0 Å². The minimum Gasteiger partial charge on any atom is -0.412 e. The Kier molecular flexibility index (Phi) is 200. The first kappa shape index (κ1) is 25.1. The van der Waals surface area contributed by atoms with E-state index >= 15 is 0 Å². The molecule has 0 aliphatic carbocycles. The molecule has 0 fully saturated rings. The average Bonchev–Trinajstić information content (AvgIpc) is 1.69. The highest BCUT2D eigenvalue weighted by atomic mass is 17.1. The van der Waals surface area contributed by atoms with Crippen molar-refractivity contribution in [3.8, 4) is 0 Å². The lowest BCUT2D eigenvalue weighted by atomic mass is 11.7. The summed E-state index contributed by atoms with van der Waals surface area (Å²) in [6.45, 7) is -0.0694. The van der Waals surface area contributed by atoms with E-state index < -0.39 is 0 Å². The van der Waals surface area contributed by atoms with Crippen molar-refractivity contribution < 1.29 is 31.4 Å². The Balaban J connectivity index is -0.0000000131. The summed E-state index contributed by atoms with van der Waals surface area (Å²) in [4.78, 5) is 27.8. The summed E-state index contributed by atoms with van der Waals surface area (Å²) in [5, 5.41) is 7.01. The van der Waals surface area contributed by atoms with Gasteiger partial charge in [0.2, 0.25) is 0 Å². The first-order chi connectivity index (χ1) is 3.33. The van der Waals surface area contributed by atoms with Gasteiger partial charge in [-0.1, -0.05) is 7.43 Å². The Labute approximate surface area is 52.8 Å². The normalized spacial score (nSPS) is 3.22. The average molecular weight is 142 g/mol. The lowest BCUT2D eigenvalue weighted by Crippen LogP contribution is -1.69. The summed E-state index contributed by atoms with van der Waals surface area (Å²) < 4.78 is 0. The molecule has 0 saturated heterocycles. The predicted octanol–water partition coefficient (Wildman–Crippen LogP) is -0.894. The van der Waals surface area contributed by atoms with E-state index in [0.29, 0.717) is 0 Å². The van der Waals surface area contributed by atoms with Gasteiger partial charge in [-0.15, -0.1) is 0 Å². The molecule has 58 valence electrons. The van der Waals surface area contributed by atoms with Crippen molar-refractivity contribution in [3.63, 3.8) is 0 Å². The standard InChI is InChI=1S/CH2O3.CO2.CH4.H2O.H2/c2-1-4-3;2-1-3;;;/h1,3H;;1H4;1H2;1H. The molecule has 3 N–H and O–H groups in total. The lowest BCUT2D eigenvalue weighted by Gasteiger charge is -1.63. The molecule has 0 saturated carbocycles. The summed E-state index contributed by atoms with van der Waals surface area (Å²) >= 11 is 0. The van der Waals surface area contributed by atoms with Crippen LogP contribution in [-0.4, -0.2) is 23.4 Å². The van der Waals surface area contributed by atoms with Gasteiger partial charge in [-0.3, -0.25) is 4.79 Å². The molecular weight excluding hydrogens is 132 g/mol. The molecule has 0 aromatic heterocycles. The third-order valence-electron chi connectivity index (χ3n) is 0.0430. The van der Waals surface area contributed by atoms with Gasteiger partial charge in [0.1, 0.15) is 0 Å². The van der Waals surface area contributed by atoms with Gasteiger partial charge in [0.05, 0.1) is 0 Å². The van der Waals surface area contributed by atoms with Crippen LogP contribution < -0.4 is 0 Å². The van der Waals surface area contributed by atoms with Crippen LogP contribution in [0.1, 0.15) is 8.85 Å². The third-order valence-corrected chi connectivity index (χ3v) is 0.0430. The van der Waals surface area contributed by atoms with Gasteiger partial charge < -0.3 is 10.4 Å². The van der Waals surface area contributed by atoms with Crippen molar-refractivity contribution in [2.45, 2.75) is 7.43 Å². The Morgan fingerprint density at radius 1 is 1.56 bits per heavy atom. The highest BCUT2D eigenvalue weighted by Crippen LogP contribution is 1.33. The molecule has 0 aromatic rings. The van der Waals surface area contributed by atoms with Crippen LogP contribution in [0.3, 0.4) is 0 Å². The summed E-state index contributed by atoms with van der Waals surface area (Å²) in [6, 6.07) is 0. The molecule has 6 nitrogen and oxygen atoms in total. The second-order valence-electron chi connectivity index (χ2n) is 0.285. The fourth-order valence-corrected chi connectivity index (χ4v) is 0. The van der Waals surface area contributed by atoms with Crippen LogP contribution in [0.15, 0.2) is 0 Å². The zero-order chi connectivity index (χ0) is 6.12. The van der Waals surface area contributed by atoms with Crippen LogP contribution in [0.25, 0.3) is 0 Å². The maximum Gasteiger partial charge on any atom is 0.373 e. The van der Waals surface area contributed by atoms with Crippen molar-refractivity contribution in [3.05, 3.63) is 0 Å². The smallest absolute Gasteiger partial charge is 0.373 e. The van der Waals surface area contributed by atoms with Crippen LogP contribution in [0.5, 0.6) is 0 Å². The van der Waals surface area contributed by atoms with Gasteiger partial charge in [-0.25, -0.2) is 5.26 Å². The molecule has 0 amide bonds. The van der Waals surface area contributed by atoms with E-state index in [2.05, 4.69) is 4.89 Å². The van der Waals surface area contributed by atoms with E-state index in [-0.39, 0.29) is 27.0 Å². The Morgan fingerprint density at radius 3 is 1.67 bits per heavy atom. The highest BCUT2D eigenvalue weighted by molar-refractivity contribution is 5.35. The van der Waals surface area contributed by atoms with Gasteiger partial charge in [0.25, 0.3) is 0 Å². The molecule has 9 heavy (non-hydrogen) atoms. The molecule has 6 heteroatoms. The molecule has 0 heterocycles. The van der Waals surface area contributed by atoms with Crippen LogP contribution >= 0.6 is 0 Å². The van der Waals surface area contributed by atoms with Gasteiger partial charge in [-0.05, 0) is 0 Å². The van der Waals surface area contributed by atoms with Crippen molar-refractivity contribution in [1.82, 2.24) is 0 Å². The third kappa shape index (κ3) is 2910. The summed E-state index contributed by atoms with van der Waals surface area (Å²) in [7, 11) is 0. The van der Waals surface area contributed by atoms with E-state index in [1.807, 2.05) is 0 Å². The monoisotopic (exact) mass is 142 g/mol. The van der Waals surface area contributed by atoms with Crippen LogP contribution in [-0.2, 0) is 19.3 Å². The number of hydrogen-bond donors (Lipinski definition) is 1. The van der Waals surface area contributed by atoms with Crippen molar-refractivity contribution in [2.24, 2.45) is 0 Å². The molecule has 0 unspecified atom stereocenters. The number of carbonyl (C=O) groups excluding carboxylic acids is 3. The zero-order valence-corrected chi connectivity index (χ0v) is 3.66. The molecular formula is C3H10O6. The fraction of sp³-hybridized carbons (Fsp3) is 0.333. The van der Waals surface area contributed by atoms with Gasteiger partial charge in [0.15, 0.2) is 0 Å². The van der Waals surface area contributed by atoms with E-state index in [0.717, 1.165) is 0 Å². The summed E-state index contributed by atoms with van der Waals surface area (Å²) in [5.74, 6) is 0. The van der Waals surface area contributed by atoms with Crippen molar-refractivity contribution >= 4 is 12.6 Å². The topological polar surface area (TPSA) is 112 Å². The van der Waals surface area contributed by atoms with Crippen LogP contribution in [0, 0.1) is 0 Å². The molecule has 0 aliphatic heterocycles. The predicted molar refractivity (Wildman–Crippen MR) is 27.2 cm³/mol. The second-order valence-corrected chi connectivity index (χ2v) is 0.285. The quantitative estimate of drug-likeness (QED) is 0.290. The molecule has 0 rings (SSSR count). The SMILES string of the molecule is C.O.O=C=O.O=COO.[HH]. The van der Waals surface area contributed by atoms with E-state index in [9.17, 15) is 0 Å². The van der Waals surface area contributed by atoms with Crippen molar-refractivity contribution in [2.75, 3.05) is 0 Å². The molecule has 0 bridgehead atoms. The Bertz CT molecular complexity index is 67.4. The van der Waals surface area contributed by atoms with Gasteiger partial charge in [-0.2, -0.15) is 9.59 Å². The van der Waals surface area contributed by atoms with E-state index in [4.69, 9.17) is 19.6 Å². The summed E-state index contributed by atoms with van der Waals surface area (Å²) in [5.41, 5.74) is 0. The van der Waals surface area contributed by atoms with Crippen LogP contribution in [0.2, 0.25) is 0 Å². The number of hydrogen-bond acceptors (Lipinski definition) is 5. The number of rotatable bonds is 1. The molecule has 0 aliphatic rings. The Hall–Kier alpha value is -1.23. The zero-order valence-electron chi connectivity index (χ0n) is 3.66. The van der Waals surface area contributed by atoms with E-state index in [1.165, 1.54) is 0 Å². The molecule has 0 atom stereocenters. The minimum absolute atomic E-state index is 0. The molecule has 0 radical (unpaired) electrons. The van der Waals surface area contributed by atoms with Gasteiger partial charge >= 0.3 is 12.6 Å². The first-order valence-electron chi connectivity index (χ1n) is 1.06. The first-order valence-corrected chi connectivity index (χ1v) is 1.06. The maximum absolute atomic E-state index is 8.70. The summed E-state index contributed by atoms with van der Waals surface area (Å²) in [6.07, 6.45) is 0.250. The highest BCUT2D eigenvalue weighted by Gasteiger charge is 1.47.